The first-order valence-electron chi connectivity index (χ1n) is 13.3. The molecular weight excluding hydrogens is 500 g/mol. The summed E-state index contributed by atoms with van der Waals surface area (Å²) >= 11 is 0. The number of rotatable bonds is 7. The smallest absolute Gasteiger partial charge is 0.410 e. The maximum Gasteiger partial charge on any atom is 0.410 e. The van der Waals surface area contributed by atoms with Gasteiger partial charge in [0, 0.05) is 57.7 Å². The molecular formula is C28H40N4O5Si. The molecule has 206 valence electrons. The molecule has 0 aliphatic carbocycles. The lowest BCUT2D eigenvalue weighted by Gasteiger charge is -2.34. The van der Waals surface area contributed by atoms with E-state index in [2.05, 4.69) is 24.2 Å². The van der Waals surface area contributed by atoms with Gasteiger partial charge in [0.05, 0.1) is 11.2 Å². The number of carbonyl (C=O) groups is 1. The van der Waals surface area contributed by atoms with Crippen molar-refractivity contribution in [3.8, 4) is 5.69 Å². The van der Waals surface area contributed by atoms with Crippen LogP contribution in [0.3, 0.4) is 0 Å². The Balaban J connectivity index is 1.54. The van der Waals surface area contributed by atoms with Crippen molar-refractivity contribution in [2.45, 2.75) is 77.7 Å². The fourth-order valence-electron chi connectivity index (χ4n) is 4.71. The van der Waals surface area contributed by atoms with Crippen LogP contribution in [-0.4, -0.2) is 58.1 Å². The zero-order valence-corrected chi connectivity index (χ0v) is 24.4. The molecule has 0 saturated carbocycles. The molecule has 0 N–H and O–H groups in total. The standard InChI is InChI=1S/C28H40N4O5Si/c1-28(2,3)37-27(35)29-14-10-21(11-15-29)30-16-12-22-23(30)8-7-9-24(22)31-17-13-25(33)32(26(31)34)20-36-18-19-38(4,5)6/h7-9,12-13,16-17,21H,10-11,14-15,18-20H2,1-6H3. The first kappa shape index (κ1) is 27.9. The van der Waals surface area contributed by atoms with E-state index in [0.717, 1.165) is 34.4 Å². The first-order chi connectivity index (χ1) is 17.8. The summed E-state index contributed by atoms with van der Waals surface area (Å²) in [5.74, 6) is 0. The second-order valence-corrected chi connectivity index (χ2v) is 17.8. The Labute approximate surface area is 224 Å². The third kappa shape index (κ3) is 6.47. The summed E-state index contributed by atoms with van der Waals surface area (Å²) < 4.78 is 16.1. The molecule has 9 nitrogen and oxygen atoms in total. The van der Waals surface area contributed by atoms with Gasteiger partial charge in [0.1, 0.15) is 12.3 Å². The van der Waals surface area contributed by atoms with E-state index in [0.29, 0.717) is 25.4 Å². The fraction of sp³-hybridized carbons (Fsp3) is 0.536. The lowest BCUT2D eigenvalue weighted by molar-refractivity contribution is 0.0189. The van der Waals surface area contributed by atoms with E-state index in [1.54, 1.807) is 4.90 Å². The average molecular weight is 541 g/mol. The van der Waals surface area contributed by atoms with Gasteiger partial charge in [0.2, 0.25) is 0 Å². The molecule has 2 aromatic heterocycles. The van der Waals surface area contributed by atoms with Crippen LogP contribution in [0.25, 0.3) is 16.6 Å². The van der Waals surface area contributed by atoms with Gasteiger partial charge in [-0.25, -0.2) is 14.2 Å². The summed E-state index contributed by atoms with van der Waals surface area (Å²) in [6, 6.07) is 10.5. The van der Waals surface area contributed by atoms with E-state index in [-0.39, 0.29) is 24.4 Å². The molecule has 1 aliphatic heterocycles. The molecule has 0 bridgehead atoms. The van der Waals surface area contributed by atoms with Crippen molar-refractivity contribution in [2.75, 3.05) is 19.7 Å². The van der Waals surface area contributed by atoms with Crippen molar-refractivity contribution in [3.63, 3.8) is 0 Å². The van der Waals surface area contributed by atoms with Gasteiger partial charge in [0.15, 0.2) is 0 Å². The highest BCUT2D eigenvalue weighted by molar-refractivity contribution is 6.76. The van der Waals surface area contributed by atoms with E-state index >= 15 is 0 Å². The molecule has 0 atom stereocenters. The van der Waals surface area contributed by atoms with Crippen molar-refractivity contribution < 1.29 is 14.3 Å². The number of fused-ring (bicyclic) bond motifs is 1. The second-order valence-electron chi connectivity index (χ2n) is 12.2. The molecule has 3 heterocycles. The van der Waals surface area contributed by atoms with Crippen molar-refractivity contribution in [2.24, 2.45) is 0 Å². The summed E-state index contributed by atoms with van der Waals surface area (Å²) in [5.41, 5.74) is 0.418. The van der Waals surface area contributed by atoms with Crippen LogP contribution >= 0.6 is 0 Å². The summed E-state index contributed by atoms with van der Waals surface area (Å²) in [4.78, 5) is 40.0. The maximum absolute atomic E-state index is 13.3. The molecule has 1 fully saturated rings. The van der Waals surface area contributed by atoms with Crippen LogP contribution in [0.1, 0.15) is 39.7 Å². The van der Waals surface area contributed by atoms with Crippen LogP contribution in [0.2, 0.25) is 25.7 Å². The van der Waals surface area contributed by atoms with Gasteiger partial charge in [-0.05, 0) is 57.9 Å². The quantitative estimate of drug-likeness (QED) is 0.316. The van der Waals surface area contributed by atoms with Crippen LogP contribution in [0.5, 0.6) is 0 Å². The lowest BCUT2D eigenvalue weighted by Crippen LogP contribution is -2.42. The van der Waals surface area contributed by atoms with Gasteiger partial charge >= 0.3 is 11.8 Å². The van der Waals surface area contributed by atoms with Crippen LogP contribution in [0.15, 0.2) is 52.3 Å². The number of hydrogen-bond acceptors (Lipinski definition) is 5. The van der Waals surface area contributed by atoms with E-state index < -0.39 is 19.4 Å². The van der Waals surface area contributed by atoms with Gasteiger partial charge in [-0.15, -0.1) is 0 Å². The lowest BCUT2D eigenvalue weighted by atomic mass is 10.0. The van der Waals surface area contributed by atoms with Gasteiger partial charge in [-0.2, -0.15) is 0 Å². The molecule has 0 radical (unpaired) electrons. The molecule has 1 saturated heterocycles. The molecule has 1 aromatic carbocycles. The number of ether oxygens (including phenoxy) is 2. The summed E-state index contributed by atoms with van der Waals surface area (Å²) in [6.07, 6.45) is 4.94. The molecule has 1 amide bonds. The molecule has 3 aromatic rings. The minimum absolute atomic E-state index is 0.0593. The average Bonchev–Trinajstić information content (AvgIpc) is 3.26. The van der Waals surface area contributed by atoms with Gasteiger partial charge in [-0.1, -0.05) is 25.7 Å². The highest BCUT2D eigenvalue weighted by atomic mass is 28.3. The van der Waals surface area contributed by atoms with E-state index in [1.807, 2.05) is 51.2 Å². The van der Waals surface area contributed by atoms with Crippen molar-refractivity contribution >= 4 is 25.1 Å². The van der Waals surface area contributed by atoms with Crippen molar-refractivity contribution in [3.05, 3.63) is 63.6 Å². The topological polar surface area (TPSA) is 87.7 Å². The predicted octanol–water partition coefficient (Wildman–Crippen LogP) is 4.84. The zero-order valence-electron chi connectivity index (χ0n) is 23.4. The molecule has 1 aliphatic rings. The molecule has 0 unspecified atom stereocenters. The second kappa shape index (κ2) is 10.9. The van der Waals surface area contributed by atoms with Gasteiger partial charge in [0.25, 0.3) is 5.56 Å². The van der Waals surface area contributed by atoms with Crippen LogP contribution < -0.4 is 11.2 Å². The Hall–Kier alpha value is -3.11. The number of benzene rings is 1. The predicted molar refractivity (Wildman–Crippen MR) is 152 cm³/mol. The van der Waals surface area contributed by atoms with E-state index in [1.165, 1.54) is 16.8 Å². The van der Waals surface area contributed by atoms with E-state index in [9.17, 15) is 14.4 Å². The number of likely N-dealkylation sites (tertiary alicyclic amines) is 1. The molecule has 0 spiro atoms. The monoisotopic (exact) mass is 540 g/mol. The van der Waals surface area contributed by atoms with Crippen LogP contribution in [0.4, 0.5) is 4.79 Å². The number of aromatic nitrogens is 3. The molecule has 38 heavy (non-hydrogen) atoms. The highest BCUT2D eigenvalue weighted by Gasteiger charge is 2.28. The first-order valence-corrected chi connectivity index (χ1v) is 17.0. The van der Waals surface area contributed by atoms with Crippen molar-refractivity contribution in [1.29, 1.82) is 0 Å². The normalized spacial score (nSPS) is 15.3. The van der Waals surface area contributed by atoms with E-state index in [4.69, 9.17) is 9.47 Å². The van der Waals surface area contributed by atoms with Gasteiger partial charge < -0.3 is 18.9 Å². The van der Waals surface area contributed by atoms with Crippen molar-refractivity contribution in [1.82, 2.24) is 18.6 Å². The number of carbonyl (C=O) groups excluding carboxylic acids is 1. The summed E-state index contributed by atoms with van der Waals surface area (Å²) in [7, 11) is -1.27. The maximum atomic E-state index is 13.3. The SMILES string of the molecule is CC(C)(C)OC(=O)N1CCC(n2ccc3c(-n4ccc(=O)n(COCC[Si](C)(C)C)c4=O)cccc32)CC1. The largest absolute Gasteiger partial charge is 0.444 e. The number of amides is 1. The number of hydrogen-bond donors (Lipinski definition) is 0. The summed E-state index contributed by atoms with van der Waals surface area (Å²) in [6.45, 7) is 14.1. The fourth-order valence-corrected chi connectivity index (χ4v) is 5.46. The Morgan fingerprint density at radius 2 is 1.74 bits per heavy atom. The minimum Gasteiger partial charge on any atom is -0.444 e. The third-order valence-corrected chi connectivity index (χ3v) is 8.50. The zero-order chi connectivity index (χ0) is 27.7. The molecule has 10 heteroatoms. The minimum atomic E-state index is -1.27. The van der Waals surface area contributed by atoms with Crippen LogP contribution in [0, 0.1) is 0 Å². The number of nitrogens with zero attached hydrogens (tertiary/aromatic N) is 4. The Kier molecular flexibility index (Phi) is 8.03. The summed E-state index contributed by atoms with van der Waals surface area (Å²) in [5, 5.41) is 0.925. The Morgan fingerprint density at radius 1 is 1.03 bits per heavy atom. The van der Waals surface area contributed by atoms with Crippen LogP contribution in [-0.2, 0) is 16.2 Å². The van der Waals surface area contributed by atoms with Gasteiger partial charge in [-0.3, -0.25) is 9.36 Å². The Morgan fingerprint density at radius 3 is 2.39 bits per heavy atom. The third-order valence-electron chi connectivity index (χ3n) is 6.80. The molecule has 4 rings (SSSR count). The number of piperidine rings is 1. The highest BCUT2D eigenvalue weighted by Crippen LogP contribution is 2.30. The Bertz CT molecular complexity index is 1400.